The summed E-state index contributed by atoms with van der Waals surface area (Å²) >= 11 is 6.42. The first-order valence-corrected chi connectivity index (χ1v) is 12.6. The van der Waals surface area contributed by atoms with Crippen molar-refractivity contribution in [3.05, 3.63) is 127 Å². The van der Waals surface area contributed by atoms with E-state index in [2.05, 4.69) is 10.2 Å². The first kappa shape index (κ1) is 25.2. The van der Waals surface area contributed by atoms with Crippen LogP contribution in [0.4, 0.5) is 0 Å². The van der Waals surface area contributed by atoms with Gasteiger partial charge in [-0.15, -0.1) is 0 Å². The molecule has 38 heavy (non-hydrogen) atoms. The van der Waals surface area contributed by atoms with Crippen LogP contribution in [0.3, 0.4) is 0 Å². The van der Waals surface area contributed by atoms with E-state index in [4.69, 9.17) is 16.3 Å². The number of rotatable bonds is 7. The average Bonchev–Trinajstić information content (AvgIpc) is 3.38. The number of nitrogens with zero attached hydrogens (tertiary/aromatic N) is 2. The lowest BCUT2D eigenvalue weighted by Crippen LogP contribution is -2.25. The molecule has 5 rings (SSSR count). The number of aryl methyl sites for hydroxylation is 2. The van der Waals surface area contributed by atoms with Crippen molar-refractivity contribution in [2.45, 2.75) is 26.7 Å². The molecule has 0 saturated heterocycles. The summed E-state index contributed by atoms with van der Waals surface area (Å²) in [6.45, 7) is 5.69. The predicted molar refractivity (Wildman–Crippen MR) is 147 cm³/mol. The van der Waals surface area contributed by atoms with Gasteiger partial charge in [0, 0.05) is 17.3 Å². The van der Waals surface area contributed by atoms with E-state index in [0.29, 0.717) is 46.1 Å². The minimum Gasteiger partial charge on any atom is -0.503 e. The Hall–Kier alpha value is -4.43. The van der Waals surface area contributed by atoms with Crippen molar-refractivity contribution >= 4 is 11.6 Å². The van der Waals surface area contributed by atoms with Crippen molar-refractivity contribution in [3.8, 4) is 22.9 Å². The Labute approximate surface area is 223 Å². The molecule has 0 atom stereocenters. The van der Waals surface area contributed by atoms with E-state index < -0.39 is 5.92 Å². The maximum atomic E-state index is 13.9. The topological polar surface area (TPSA) is 105 Å². The number of hydrogen-bond acceptors (Lipinski definition) is 4. The number of ether oxygens (including phenoxy) is 1. The Morgan fingerprint density at radius 3 is 1.76 bits per heavy atom. The molecular weight excluding hydrogens is 504 g/mol. The Kier molecular flexibility index (Phi) is 6.73. The molecule has 5 aromatic rings. The van der Waals surface area contributed by atoms with Crippen molar-refractivity contribution in [1.29, 1.82) is 0 Å². The number of hydrogen-bond donors (Lipinski definition) is 3. The molecule has 194 valence electrons. The van der Waals surface area contributed by atoms with Crippen LogP contribution in [0.2, 0.25) is 5.02 Å². The zero-order valence-electron chi connectivity index (χ0n) is 21.2. The minimum atomic E-state index is -0.810. The van der Waals surface area contributed by atoms with Gasteiger partial charge in [-0.2, -0.15) is 0 Å². The van der Waals surface area contributed by atoms with Gasteiger partial charge in [-0.3, -0.25) is 19.8 Å². The van der Waals surface area contributed by atoms with Crippen LogP contribution in [0.15, 0.2) is 82.4 Å². The van der Waals surface area contributed by atoms with Crippen LogP contribution in [0.25, 0.3) is 11.4 Å². The van der Waals surface area contributed by atoms with Gasteiger partial charge in [-0.25, -0.2) is 9.36 Å². The molecular formula is C29H27ClN4O4. The maximum absolute atomic E-state index is 13.9. The molecule has 0 unspecified atom stereocenters. The highest BCUT2D eigenvalue weighted by Gasteiger charge is 2.32. The lowest BCUT2D eigenvalue weighted by molar-refractivity contribution is 0.318. The van der Waals surface area contributed by atoms with Gasteiger partial charge in [-0.05, 0) is 62.7 Å². The van der Waals surface area contributed by atoms with E-state index in [9.17, 15) is 14.7 Å². The third-order valence-electron chi connectivity index (χ3n) is 6.52. The predicted octanol–water partition coefficient (Wildman–Crippen LogP) is 5.20. The molecule has 0 fully saturated rings. The van der Waals surface area contributed by atoms with E-state index in [-0.39, 0.29) is 27.6 Å². The van der Waals surface area contributed by atoms with Crippen LogP contribution in [-0.4, -0.2) is 31.3 Å². The minimum absolute atomic E-state index is 0.0593. The summed E-state index contributed by atoms with van der Waals surface area (Å²) in [4.78, 5) is 27.9. The molecule has 3 aromatic carbocycles. The fourth-order valence-electron chi connectivity index (χ4n) is 4.82. The number of aromatic nitrogens is 4. The number of aromatic amines is 2. The SMILES string of the molecule is CCOc1cc(C(c2c(C)[nH]n(-c3ccccc3)c2=O)c2c(C)[nH]n(-c3ccccc3)c2=O)cc(Cl)c1O. The number of H-pyrrole nitrogens is 2. The highest BCUT2D eigenvalue weighted by atomic mass is 35.5. The molecule has 0 amide bonds. The number of para-hydroxylation sites is 2. The molecule has 0 aliphatic rings. The summed E-state index contributed by atoms with van der Waals surface area (Å²) in [6, 6.07) is 21.6. The van der Waals surface area contributed by atoms with Crippen molar-refractivity contribution in [1.82, 2.24) is 19.6 Å². The first-order chi connectivity index (χ1) is 18.3. The molecule has 0 bridgehead atoms. The Balaban J connectivity index is 1.81. The number of aromatic hydroxyl groups is 1. The highest BCUT2D eigenvalue weighted by molar-refractivity contribution is 6.32. The van der Waals surface area contributed by atoms with Gasteiger partial charge in [0.25, 0.3) is 11.1 Å². The smallest absolute Gasteiger partial charge is 0.275 e. The molecule has 8 nitrogen and oxygen atoms in total. The van der Waals surface area contributed by atoms with Crippen molar-refractivity contribution < 1.29 is 9.84 Å². The summed E-state index contributed by atoms with van der Waals surface area (Å²) < 4.78 is 8.55. The quantitative estimate of drug-likeness (QED) is 0.269. The van der Waals surface area contributed by atoms with E-state index >= 15 is 0 Å². The summed E-state index contributed by atoms with van der Waals surface area (Å²) in [7, 11) is 0. The van der Waals surface area contributed by atoms with Gasteiger partial charge in [0.05, 0.1) is 34.1 Å². The molecule has 2 heterocycles. The van der Waals surface area contributed by atoms with Gasteiger partial charge >= 0.3 is 0 Å². The normalized spacial score (nSPS) is 11.3. The van der Waals surface area contributed by atoms with Gasteiger partial charge in [0.1, 0.15) is 0 Å². The maximum Gasteiger partial charge on any atom is 0.275 e. The van der Waals surface area contributed by atoms with E-state index in [1.165, 1.54) is 9.36 Å². The second kappa shape index (κ2) is 10.1. The molecule has 3 N–H and O–H groups in total. The molecule has 0 spiro atoms. The first-order valence-electron chi connectivity index (χ1n) is 12.2. The van der Waals surface area contributed by atoms with Crippen LogP contribution in [-0.2, 0) is 0 Å². The van der Waals surface area contributed by atoms with Crippen molar-refractivity contribution in [2.24, 2.45) is 0 Å². The second-order valence-corrected chi connectivity index (χ2v) is 9.38. The van der Waals surface area contributed by atoms with Crippen LogP contribution in [0.5, 0.6) is 11.5 Å². The number of nitrogens with one attached hydrogen (secondary N) is 2. The van der Waals surface area contributed by atoms with E-state index in [1.807, 2.05) is 60.7 Å². The van der Waals surface area contributed by atoms with Crippen molar-refractivity contribution in [2.75, 3.05) is 6.61 Å². The fraction of sp³-hybridized carbons (Fsp3) is 0.172. The lowest BCUT2D eigenvalue weighted by atomic mass is 9.85. The summed E-state index contributed by atoms with van der Waals surface area (Å²) in [6.07, 6.45) is 0. The monoisotopic (exact) mass is 530 g/mol. The molecule has 0 radical (unpaired) electrons. The third kappa shape index (κ3) is 4.33. The zero-order valence-corrected chi connectivity index (χ0v) is 21.9. The van der Waals surface area contributed by atoms with Gasteiger partial charge < -0.3 is 9.84 Å². The van der Waals surface area contributed by atoms with Crippen LogP contribution in [0, 0.1) is 13.8 Å². The number of phenols is 1. The second-order valence-electron chi connectivity index (χ2n) is 8.97. The van der Waals surface area contributed by atoms with Gasteiger partial charge in [0.2, 0.25) is 0 Å². The Morgan fingerprint density at radius 1 is 0.842 bits per heavy atom. The molecule has 0 aliphatic carbocycles. The fourth-order valence-corrected chi connectivity index (χ4v) is 5.04. The zero-order chi connectivity index (χ0) is 27.0. The number of phenolic OH excluding ortho intramolecular Hbond substituents is 1. The molecule has 9 heteroatoms. The Morgan fingerprint density at radius 2 is 1.32 bits per heavy atom. The van der Waals surface area contributed by atoms with Gasteiger partial charge in [0.15, 0.2) is 11.5 Å². The largest absolute Gasteiger partial charge is 0.503 e. The molecule has 0 saturated carbocycles. The average molecular weight is 531 g/mol. The third-order valence-corrected chi connectivity index (χ3v) is 6.81. The van der Waals surface area contributed by atoms with E-state index in [1.54, 1.807) is 32.9 Å². The number of halogens is 1. The lowest BCUT2D eigenvalue weighted by Gasteiger charge is -2.18. The van der Waals surface area contributed by atoms with Crippen LogP contribution < -0.4 is 15.9 Å². The Bertz CT molecular complexity index is 1620. The summed E-state index contributed by atoms with van der Waals surface area (Å²) in [5.74, 6) is -0.834. The molecule has 0 aliphatic heterocycles. The van der Waals surface area contributed by atoms with Crippen molar-refractivity contribution in [3.63, 3.8) is 0 Å². The standard InChI is InChI=1S/C29H27ClN4O4/c1-4-38-23-16-19(15-22(30)27(23)35)26(24-17(2)31-33(28(24)36)20-11-7-5-8-12-20)25-18(3)32-34(29(25)37)21-13-9-6-10-14-21/h5-16,26,31-32,35H,4H2,1-3H3. The summed E-state index contributed by atoms with van der Waals surface area (Å²) in [5.41, 5.74) is 3.23. The van der Waals surface area contributed by atoms with E-state index in [0.717, 1.165) is 0 Å². The highest BCUT2D eigenvalue weighted by Crippen LogP contribution is 2.41. The molecule has 2 aromatic heterocycles. The summed E-state index contributed by atoms with van der Waals surface area (Å²) in [5, 5.41) is 16.9. The van der Waals surface area contributed by atoms with Crippen LogP contribution in [0.1, 0.15) is 40.9 Å². The van der Waals surface area contributed by atoms with Gasteiger partial charge in [-0.1, -0.05) is 48.0 Å². The number of benzene rings is 3. The van der Waals surface area contributed by atoms with Crippen LogP contribution >= 0.6 is 11.6 Å².